The van der Waals surface area contributed by atoms with E-state index in [1.54, 1.807) is 13.0 Å². The number of hydrogen-bond donors (Lipinski definition) is 0. The maximum atomic E-state index is 13.5. The molecule has 0 amide bonds. The zero-order valence-corrected chi connectivity index (χ0v) is 22.4. The van der Waals surface area contributed by atoms with Crippen molar-refractivity contribution < 1.29 is 18.4 Å². The normalized spacial score (nSPS) is 18.7. The number of halogens is 1. The Kier molecular flexibility index (Phi) is 8.33. The molecule has 4 heterocycles. The molecule has 0 bridgehead atoms. The molecule has 2 aliphatic heterocycles. The average molecular weight is 525 g/mol. The number of piperidine rings is 1. The number of benzene rings is 1. The number of aromatic nitrogens is 3. The van der Waals surface area contributed by atoms with Crippen LogP contribution in [0.1, 0.15) is 86.7 Å². The van der Waals surface area contributed by atoms with Gasteiger partial charge >= 0.3 is 0 Å². The molecule has 1 aromatic carbocycles. The van der Waals surface area contributed by atoms with Gasteiger partial charge in [-0.3, -0.25) is 9.36 Å². The highest BCUT2D eigenvalue weighted by molar-refractivity contribution is 5.79. The summed E-state index contributed by atoms with van der Waals surface area (Å²) >= 11 is 0. The van der Waals surface area contributed by atoms with Crippen molar-refractivity contribution in [3.63, 3.8) is 0 Å². The maximum Gasteiger partial charge on any atom is 0.257 e. The fourth-order valence-electron chi connectivity index (χ4n) is 5.82. The Labute approximate surface area is 222 Å². The lowest BCUT2D eigenvalue weighted by molar-refractivity contribution is -0.117. The van der Waals surface area contributed by atoms with Crippen molar-refractivity contribution in [3.8, 4) is 0 Å². The number of Topliss-reactive ketones (excluding diaryl/α,β-unsaturated/α-hetero) is 1. The molecule has 0 radical (unpaired) electrons. The summed E-state index contributed by atoms with van der Waals surface area (Å²) < 4.78 is 26.8. The van der Waals surface area contributed by atoms with E-state index in [9.17, 15) is 14.0 Å². The molecule has 0 aliphatic carbocycles. The summed E-state index contributed by atoms with van der Waals surface area (Å²) in [6.07, 6.45) is 6.41. The molecule has 1 saturated heterocycles. The van der Waals surface area contributed by atoms with Crippen LogP contribution < -0.4 is 5.56 Å². The van der Waals surface area contributed by atoms with Crippen molar-refractivity contribution in [3.05, 3.63) is 57.1 Å². The molecule has 5 rings (SSSR count). The number of nitrogens with zero attached hydrogens (tertiary/aromatic N) is 4. The number of aryl methyl sites for hydroxylation is 1. The number of likely N-dealkylation sites (tertiary alicyclic amines) is 1. The number of hydrogen-bond acceptors (Lipinski definition) is 7. The van der Waals surface area contributed by atoms with Crippen LogP contribution >= 0.6 is 0 Å². The van der Waals surface area contributed by atoms with Gasteiger partial charge in [0.1, 0.15) is 23.5 Å². The quantitative estimate of drug-likeness (QED) is 0.350. The minimum absolute atomic E-state index is 0.0635. The van der Waals surface area contributed by atoms with E-state index >= 15 is 0 Å². The number of carbonyl (C=O) groups is 1. The molecule has 38 heavy (non-hydrogen) atoms. The van der Waals surface area contributed by atoms with Crippen molar-refractivity contribution in [2.24, 2.45) is 0 Å². The molecule has 204 valence electrons. The molecule has 2 aliphatic rings. The third-order valence-corrected chi connectivity index (χ3v) is 7.99. The molecule has 0 saturated carbocycles. The van der Waals surface area contributed by atoms with Crippen LogP contribution in [0.5, 0.6) is 0 Å². The largest absolute Gasteiger partial charge is 0.370 e. The third kappa shape index (κ3) is 5.89. The van der Waals surface area contributed by atoms with Gasteiger partial charge in [-0.15, -0.1) is 0 Å². The molecule has 0 spiro atoms. The SMILES string of the molecule is CC(=O)CCCCOC1CCCn2c1nc(C)c(CCN1CCC(c3noc4cc(F)ccc34)CC1)c2=O. The van der Waals surface area contributed by atoms with Gasteiger partial charge in [-0.1, -0.05) is 5.16 Å². The molecule has 2 aromatic heterocycles. The monoisotopic (exact) mass is 524 g/mol. The summed E-state index contributed by atoms with van der Waals surface area (Å²) in [6.45, 7) is 7.44. The number of fused-ring (bicyclic) bond motifs is 2. The Bertz CT molecular complexity index is 1340. The lowest BCUT2D eigenvalue weighted by Crippen LogP contribution is -2.38. The van der Waals surface area contributed by atoms with Gasteiger partial charge in [-0.05, 0) is 84.0 Å². The summed E-state index contributed by atoms with van der Waals surface area (Å²) in [6, 6.07) is 4.60. The predicted octanol–water partition coefficient (Wildman–Crippen LogP) is 4.86. The van der Waals surface area contributed by atoms with Gasteiger partial charge < -0.3 is 19.0 Å². The van der Waals surface area contributed by atoms with E-state index in [1.807, 2.05) is 11.5 Å². The van der Waals surface area contributed by atoms with Crippen LogP contribution in [-0.4, -0.2) is 51.6 Å². The molecule has 1 unspecified atom stereocenters. The Morgan fingerprint density at radius 1 is 1.18 bits per heavy atom. The van der Waals surface area contributed by atoms with Crippen molar-refractivity contribution in [1.82, 2.24) is 19.6 Å². The van der Waals surface area contributed by atoms with E-state index in [4.69, 9.17) is 14.2 Å². The van der Waals surface area contributed by atoms with E-state index in [0.29, 0.717) is 31.6 Å². The van der Waals surface area contributed by atoms with Crippen LogP contribution in [0.25, 0.3) is 11.0 Å². The zero-order valence-electron chi connectivity index (χ0n) is 22.4. The first-order chi connectivity index (χ1) is 18.4. The lowest BCUT2D eigenvalue weighted by Gasteiger charge is -2.31. The van der Waals surface area contributed by atoms with E-state index in [1.165, 1.54) is 12.1 Å². The lowest BCUT2D eigenvalue weighted by atomic mass is 9.91. The number of ketones is 1. The summed E-state index contributed by atoms with van der Waals surface area (Å²) in [4.78, 5) is 31.8. The molecule has 1 atom stereocenters. The van der Waals surface area contributed by atoms with Crippen LogP contribution in [0.15, 0.2) is 27.5 Å². The van der Waals surface area contributed by atoms with Gasteiger partial charge in [-0.25, -0.2) is 9.37 Å². The topological polar surface area (TPSA) is 90.5 Å². The second-order valence-electron chi connectivity index (χ2n) is 10.7. The Morgan fingerprint density at radius 3 is 2.79 bits per heavy atom. The fraction of sp³-hybridized carbons (Fsp3) is 0.586. The van der Waals surface area contributed by atoms with Gasteiger partial charge in [0.25, 0.3) is 5.56 Å². The molecule has 1 fully saturated rings. The highest BCUT2D eigenvalue weighted by Gasteiger charge is 2.28. The van der Waals surface area contributed by atoms with Gasteiger partial charge in [0.15, 0.2) is 5.58 Å². The van der Waals surface area contributed by atoms with Crippen molar-refractivity contribution >= 4 is 16.8 Å². The van der Waals surface area contributed by atoms with E-state index in [-0.39, 0.29) is 29.2 Å². The highest BCUT2D eigenvalue weighted by Crippen LogP contribution is 2.33. The molecule has 0 N–H and O–H groups in total. The van der Waals surface area contributed by atoms with Crippen LogP contribution in [0.4, 0.5) is 4.39 Å². The standard InChI is InChI=1S/C29H37FN4O4/c1-19(35)6-3-4-17-37-25-7-5-13-34-28(25)31-20(2)23(29(34)36)12-16-33-14-10-21(11-15-33)27-24-9-8-22(30)18-26(24)38-32-27/h8-9,18,21,25H,3-7,10-17H2,1-2H3. The minimum Gasteiger partial charge on any atom is -0.370 e. The predicted molar refractivity (Wildman–Crippen MR) is 142 cm³/mol. The molecule has 9 heteroatoms. The Hall–Kier alpha value is -2.91. The van der Waals surface area contributed by atoms with E-state index in [2.05, 4.69) is 10.1 Å². The van der Waals surface area contributed by atoms with Gasteiger partial charge in [0, 0.05) is 54.7 Å². The van der Waals surface area contributed by atoms with Crippen molar-refractivity contribution in [2.75, 3.05) is 26.2 Å². The first-order valence-corrected chi connectivity index (χ1v) is 13.9. The summed E-state index contributed by atoms with van der Waals surface area (Å²) in [5.74, 6) is 0.918. The first kappa shape index (κ1) is 26.7. The number of ether oxygens (including phenoxy) is 1. The second-order valence-corrected chi connectivity index (χ2v) is 10.7. The van der Waals surface area contributed by atoms with Crippen LogP contribution in [0.2, 0.25) is 0 Å². The maximum absolute atomic E-state index is 13.5. The first-order valence-electron chi connectivity index (χ1n) is 13.9. The average Bonchev–Trinajstić information content (AvgIpc) is 3.32. The third-order valence-electron chi connectivity index (χ3n) is 7.99. The smallest absolute Gasteiger partial charge is 0.257 e. The van der Waals surface area contributed by atoms with Crippen molar-refractivity contribution in [2.45, 2.75) is 83.8 Å². The van der Waals surface area contributed by atoms with E-state index < -0.39 is 0 Å². The second kappa shape index (κ2) is 11.9. The Balaban J connectivity index is 1.17. The molecular weight excluding hydrogens is 487 g/mol. The highest BCUT2D eigenvalue weighted by atomic mass is 19.1. The molecular formula is C29H37FN4O4. The summed E-state index contributed by atoms with van der Waals surface area (Å²) in [5, 5.41) is 5.14. The number of carbonyl (C=O) groups excluding carboxylic acids is 1. The van der Waals surface area contributed by atoms with Gasteiger partial charge in [0.2, 0.25) is 0 Å². The van der Waals surface area contributed by atoms with Crippen LogP contribution in [-0.2, 0) is 22.5 Å². The summed E-state index contributed by atoms with van der Waals surface area (Å²) in [5.41, 5.74) is 3.07. The Morgan fingerprint density at radius 2 is 2.00 bits per heavy atom. The molecule has 8 nitrogen and oxygen atoms in total. The minimum atomic E-state index is -0.318. The van der Waals surface area contributed by atoms with Crippen molar-refractivity contribution in [1.29, 1.82) is 0 Å². The fourth-order valence-corrected chi connectivity index (χ4v) is 5.82. The van der Waals surface area contributed by atoms with E-state index in [0.717, 1.165) is 86.3 Å². The van der Waals surface area contributed by atoms with Gasteiger partial charge in [0.05, 0.1) is 5.69 Å². The number of rotatable bonds is 10. The zero-order chi connectivity index (χ0) is 26.6. The molecule has 3 aromatic rings. The van der Waals surface area contributed by atoms with Gasteiger partial charge in [-0.2, -0.15) is 0 Å². The van der Waals surface area contributed by atoms with Crippen LogP contribution in [0, 0.1) is 12.7 Å². The number of unbranched alkanes of at least 4 members (excludes halogenated alkanes) is 1. The summed E-state index contributed by atoms with van der Waals surface area (Å²) in [7, 11) is 0. The van der Waals surface area contributed by atoms with Crippen LogP contribution in [0.3, 0.4) is 0 Å².